The molecule has 2 rings (SSSR count). The third kappa shape index (κ3) is 2.69. The molecule has 1 aromatic carbocycles. The fraction of sp³-hybridized carbons (Fsp3) is 0.500. The summed E-state index contributed by atoms with van der Waals surface area (Å²) in [6.45, 7) is 3.38. The molecule has 17 heavy (non-hydrogen) atoms. The van der Waals surface area contributed by atoms with Crippen molar-refractivity contribution in [2.24, 2.45) is 5.73 Å². The highest BCUT2D eigenvalue weighted by atomic mass is 16.3. The monoisotopic (exact) mass is 236 g/mol. The van der Waals surface area contributed by atoms with Crippen molar-refractivity contribution in [3.05, 3.63) is 23.8 Å². The third-order valence-corrected chi connectivity index (χ3v) is 3.13. The Bertz CT molecular complexity index is 394. The van der Waals surface area contributed by atoms with E-state index in [2.05, 4.69) is 10.6 Å². The fourth-order valence-electron chi connectivity index (χ4n) is 2.12. The summed E-state index contributed by atoms with van der Waals surface area (Å²) in [7, 11) is 0. The van der Waals surface area contributed by atoms with Gasteiger partial charge in [-0.15, -0.1) is 0 Å². The predicted molar refractivity (Wildman–Crippen MR) is 69.7 cm³/mol. The summed E-state index contributed by atoms with van der Waals surface area (Å²) in [5, 5.41) is 16.3. The van der Waals surface area contributed by atoms with Gasteiger partial charge in [-0.1, -0.05) is 0 Å². The summed E-state index contributed by atoms with van der Waals surface area (Å²) in [6, 6.07) is 5.79. The molecule has 0 aromatic heterocycles. The lowest BCUT2D eigenvalue weighted by Gasteiger charge is -2.21. The Balaban J connectivity index is 2.19. The zero-order valence-corrected chi connectivity index (χ0v) is 9.98. The van der Waals surface area contributed by atoms with E-state index in [1.54, 1.807) is 13.0 Å². The van der Waals surface area contributed by atoms with E-state index in [-0.39, 0.29) is 12.1 Å². The minimum atomic E-state index is -0.549. The van der Waals surface area contributed by atoms with E-state index >= 15 is 0 Å². The van der Waals surface area contributed by atoms with Crippen LogP contribution in [0.5, 0.6) is 0 Å². The van der Waals surface area contributed by atoms with Gasteiger partial charge >= 0.3 is 0 Å². The molecule has 0 aliphatic carbocycles. The number of aliphatic hydroxyl groups excluding tert-OH is 1. The van der Waals surface area contributed by atoms with E-state index in [1.807, 2.05) is 12.1 Å². The van der Waals surface area contributed by atoms with Gasteiger partial charge in [-0.2, -0.15) is 0 Å². The number of nitrogens with one attached hydrogen (secondary N) is 2. The van der Waals surface area contributed by atoms with Crippen molar-refractivity contribution in [3.8, 4) is 0 Å². The molecular formula is C12H20N4O. The second-order valence-corrected chi connectivity index (χ2v) is 4.60. The average Bonchev–Trinajstić information content (AvgIpc) is 2.67. The summed E-state index contributed by atoms with van der Waals surface area (Å²) < 4.78 is 0. The van der Waals surface area contributed by atoms with Gasteiger partial charge in [-0.3, -0.25) is 0 Å². The molecule has 3 unspecified atom stereocenters. The first-order valence-electron chi connectivity index (χ1n) is 5.88. The second kappa shape index (κ2) is 4.91. The molecule has 1 saturated heterocycles. The molecular weight excluding hydrogens is 216 g/mol. The highest BCUT2D eigenvalue weighted by Crippen LogP contribution is 2.26. The molecule has 94 valence electrons. The molecule has 5 nitrogen and oxygen atoms in total. The predicted octanol–water partition coefficient (Wildman–Crippen LogP) is 0.0331. The van der Waals surface area contributed by atoms with Crippen LogP contribution in [0.3, 0.4) is 0 Å². The van der Waals surface area contributed by atoms with Crippen LogP contribution >= 0.6 is 0 Å². The highest BCUT2D eigenvalue weighted by Gasteiger charge is 2.24. The van der Waals surface area contributed by atoms with Gasteiger partial charge in [0, 0.05) is 36.1 Å². The van der Waals surface area contributed by atoms with Crippen LogP contribution in [-0.4, -0.2) is 30.3 Å². The summed E-state index contributed by atoms with van der Waals surface area (Å²) in [6.07, 6.45) is -0.549. The summed E-state index contributed by atoms with van der Waals surface area (Å²) in [4.78, 5) is 0. The van der Waals surface area contributed by atoms with Crippen molar-refractivity contribution < 1.29 is 5.11 Å². The van der Waals surface area contributed by atoms with Crippen LogP contribution in [0.4, 0.5) is 11.4 Å². The third-order valence-electron chi connectivity index (χ3n) is 3.13. The number of hydrogen-bond donors (Lipinski definition) is 5. The number of benzene rings is 1. The van der Waals surface area contributed by atoms with Crippen LogP contribution in [0.1, 0.15) is 18.6 Å². The zero-order valence-electron chi connectivity index (χ0n) is 9.98. The Hall–Kier alpha value is -1.30. The Kier molecular flexibility index (Phi) is 3.51. The normalized spacial score (nSPS) is 25.8. The molecule has 0 saturated carbocycles. The molecule has 0 amide bonds. The smallest absolute Gasteiger partial charge is 0.0782 e. The molecule has 1 fully saturated rings. The van der Waals surface area contributed by atoms with Crippen molar-refractivity contribution >= 4 is 11.4 Å². The first-order valence-corrected chi connectivity index (χ1v) is 5.88. The minimum Gasteiger partial charge on any atom is -0.399 e. The molecule has 1 aliphatic rings. The molecule has 0 spiro atoms. The SMILES string of the molecule is CC(O)c1cc(N)ccc1NC1CNCC1N. The lowest BCUT2D eigenvalue weighted by Crippen LogP contribution is -2.39. The average molecular weight is 236 g/mol. The lowest BCUT2D eigenvalue weighted by molar-refractivity contribution is 0.200. The number of anilines is 2. The lowest BCUT2D eigenvalue weighted by atomic mass is 10.1. The number of nitrogen functional groups attached to an aromatic ring is 1. The summed E-state index contributed by atoms with van der Waals surface area (Å²) >= 11 is 0. The molecule has 0 radical (unpaired) electrons. The Morgan fingerprint density at radius 2 is 2.24 bits per heavy atom. The number of rotatable bonds is 3. The molecule has 3 atom stereocenters. The minimum absolute atomic E-state index is 0.0920. The Morgan fingerprint density at radius 1 is 1.47 bits per heavy atom. The number of aliphatic hydroxyl groups is 1. The van der Waals surface area contributed by atoms with Crippen molar-refractivity contribution in [1.29, 1.82) is 0 Å². The van der Waals surface area contributed by atoms with Crippen LogP contribution in [0.25, 0.3) is 0 Å². The van der Waals surface area contributed by atoms with Gasteiger partial charge in [0.2, 0.25) is 0 Å². The van der Waals surface area contributed by atoms with E-state index < -0.39 is 6.10 Å². The Labute approximate surface area is 101 Å². The zero-order chi connectivity index (χ0) is 12.4. The van der Waals surface area contributed by atoms with Gasteiger partial charge in [0.1, 0.15) is 0 Å². The van der Waals surface area contributed by atoms with Crippen LogP contribution in [0.15, 0.2) is 18.2 Å². The molecule has 7 N–H and O–H groups in total. The van der Waals surface area contributed by atoms with Crippen LogP contribution in [0.2, 0.25) is 0 Å². The number of hydrogen-bond acceptors (Lipinski definition) is 5. The summed E-state index contributed by atoms with van der Waals surface area (Å²) in [5.41, 5.74) is 14.1. The van der Waals surface area contributed by atoms with Crippen molar-refractivity contribution in [3.63, 3.8) is 0 Å². The van der Waals surface area contributed by atoms with Gasteiger partial charge in [0.15, 0.2) is 0 Å². The van der Waals surface area contributed by atoms with Crippen molar-refractivity contribution in [1.82, 2.24) is 5.32 Å². The first-order chi connectivity index (χ1) is 8.08. The Morgan fingerprint density at radius 3 is 2.82 bits per heavy atom. The van der Waals surface area contributed by atoms with E-state index in [0.717, 1.165) is 24.3 Å². The van der Waals surface area contributed by atoms with Crippen LogP contribution < -0.4 is 22.1 Å². The maximum absolute atomic E-state index is 9.73. The van der Waals surface area contributed by atoms with E-state index in [1.165, 1.54) is 0 Å². The van der Waals surface area contributed by atoms with Crippen LogP contribution in [0, 0.1) is 0 Å². The van der Waals surface area contributed by atoms with Crippen LogP contribution in [-0.2, 0) is 0 Å². The molecule has 1 aromatic rings. The van der Waals surface area contributed by atoms with Gasteiger partial charge in [0.25, 0.3) is 0 Å². The van der Waals surface area contributed by atoms with Crippen molar-refractivity contribution in [2.45, 2.75) is 25.1 Å². The fourth-order valence-corrected chi connectivity index (χ4v) is 2.12. The standard InChI is InChI=1S/C12H20N4O/c1-7(17)9-4-8(13)2-3-11(9)16-12-6-15-5-10(12)14/h2-4,7,10,12,15-17H,5-6,13-14H2,1H3. The van der Waals surface area contributed by atoms with Gasteiger partial charge in [-0.05, 0) is 25.1 Å². The maximum atomic E-state index is 9.73. The van der Waals surface area contributed by atoms with E-state index in [0.29, 0.717) is 5.69 Å². The van der Waals surface area contributed by atoms with Gasteiger partial charge in [0.05, 0.1) is 12.1 Å². The molecule has 1 aliphatic heterocycles. The second-order valence-electron chi connectivity index (χ2n) is 4.60. The maximum Gasteiger partial charge on any atom is 0.0782 e. The molecule has 5 heteroatoms. The molecule has 0 bridgehead atoms. The van der Waals surface area contributed by atoms with Gasteiger partial charge in [-0.25, -0.2) is 0 Å². The number of nitrogens with two attached hydrogens (primary N) is 2. The first kappa shape index (κ1) is 12.2. The largest absolute Gasteiger partial charge is 0.399 e. The summed E-state index contributed by atoms with van der Waals surface area (Å²) in [5.74, 6) is 0. The van der Waals surface area contributed by atoms with Crippen molar-refractivity contribution in [2.75, 3.05) is 24.1 Å². The van der Waals surface area contributed by atoms with Gasteiger partial charge < -0.3 is 27.2 Å². The highest BCUT2D eigenvalue weighted by molar-refractivity contribution is 5.59. The molecule has 1 heterocycles. The van der Waals surface area contributed by atoms with E-state index in [9.17, 15) is 5.11 Å². The quantitative estimate of drug-likeness (QED) is 0.477. The van der Waals surface area contributed by atoms with E-state index in [4.69, 9.17) is 11.5 Å². The topological polar surface area (TPSA) is 96.3 Å².